The van der Waals surface area contributed by atoms with E-state index < -0.39 is 6.04 Å². The lowest BCUT2D eigenvalue weighted by molar-refractivity contribution is -0.113. The first-order valence-corrected chi connectivity index (χ1v) is 15.0. The monoisotopic (exact) mass is 598 g/mol. The van der Waals surface area contributed by atoms with Gasteiger partial charge in [0.15, 0.2) is 4.80 Å². The summed E-state index contributed by atoms with van der Waals surface area (Å²) in [5.41, 5.74) is 5.14. The van der Waals surface area contributed by atoms with Gasteiger partial charge in [0, 0.05) is 34.9 Å². The summed E-state index contributed by atoms with van der Waals surface area (Å²) in [7, 11) is 0. The van der Waals surface area contributed by atoms with E-state index in [9.17, 15) is 14.0 Å². The van der Waals surface area contributed by atoms with Crippen LogP contribution in [0.3, 0.4) is 0 Å². The van der Waals surface area contributed by atoms with Gasteiger partial charge < -0.3 is 9.88 Å². The van der Waals surface area contributed by atoms with E-state index in [1.165, 1.54) is 23.5 Å². The number of hydrogen-bond donors (Lipinski definition) is 1. The maximum atomic E-state index is 14.2. The van der Waals surface area contributed by atoms with E-state index in [4.69, 9.17) is 4.99 Å². The number of benzene rings is 4. The lowest BCUT2D eigenvalue weighted by Gasteiger charge is -2.25. The molecule has 0 spiro atoms. The maximum Gasteiger partial charge on any atom is 0.271 e. The van der Waals surface area contributed by atoms with Gasteiger partial charge in [-0.3, -0.25) is 14.2 Å². The predicted molar refractivity (Wildman–Crippen MR) is 173 cm³/mol. The Hall–Kier alpha value is -5.34. The smallest absolute Gasteiger partial charge is 0.271 e. The van der Waals surface area contributed by atoms with Crippen LogP contribution >= 0.6 is 11.3 Å². The molecule has 0 saturated heterocycles. The molecule has 0 radical (unpaired) electrons. The molecule has 0 bridgehead atoms. The molecular weight excluding hydrogens is 571 g/mol. The van der Waals surface area contributed by atoms with Crippen molar-refractivity contribution >= 4 is 39.9 Å². The van der Waals surface area contributed by atoms with Crippen LogP contribution in [-0.2, 0) is 11.3 Å². The third-order valence-corrected chi connectivity index (χ3v) is 8.77. The lowest BCUT2D eigenvalue weighted by Crippen LogP contribution is -2.40. The molecule has 6 aromatic rings. The van der Waals surface area contributed by atoms with Gasteiger partial charge in [-0.1, -0.05) is 90.2 Å². The topological polar surface area (TPSA) is 68.4 Å². The fraction of sp³-hybridized carbons (Fsp3) is 0.0833. The van der Waals surface area contributed by atoms with E-state index in [1.807, 2.05) is 104 Å². The number of para-hydroxylation sites is 2. The van der Waals surface area contributed by atoms with Gasteiger partial charge in [-0.15, -0.1) is 0 Å². The Bertz CT molecular complexity index is 2230. The summed E-state index contributed by atoms with van der Waals surface area (Å²) in [6, 6.07) is 32.7. The van der Waals surface area contributed by atoms with Crippen molar-refractivity contribution in [1.29, 1.82) is 0 Å². The van der Waals surface area contributed by atoms with Crippen LogP contribution in [0.4, 0.5) is 10.1 Å². The minimum Gasteiger partial charge on any atom is -0.342 e. The van der Waals surface area contributed by atoms with Crippen molar-refractivity contribution in [2.75, 3.05) is 5.32 Å². The van der Waals surface area contributed by atoms with Crippen LogP contribution in [0.15, 0.2) is 136 Å². The molecule has 8 heteroatoms. The number of carbonyl (C=O) groups excluding carboxylic acids is 1. The summed E-state index contributed by atoms with van der Waals surface area (Å²) in [6.45, 7) is 2.37. The number of anilines is 1. The quantitative estimate of drug-likeness (QED) is 0.255. The first-order valence-electron chi connectivity index (χ1n) is 14.2. The Morgan fingerprint density at radius 1 is 0.932 bits per heavy atom. The maximum absolute atomic E-state index is 14.2. The van der Waals surface area contributed by atoms with Gasteiger partial charge >= 0.3 is 0 Å². The van der Waals surface area contributed by atoms with Gasteiger partial charge in [-0.05, 0) is 54.5 Å². The minimum atomic E-state index is -0.641. The minimum absolute atomic E-state index is 0.213. The van der Waals surface area contributed by atoms with E-state index in [1.54, 1.807) is 16.7 Å². The number of nitrogens with zero attached hydrogens (tertiary/aromatic N) is 3. The Morgan fingerprint density at radius 3 is 2.36 bits per heavy atom. The fourth-order valence-electron chi connectivity index (χ4n) is 5.73. The molecule has 1 atom stereocenters. The number of nitrogens with one attached hydrogen (secondary N) is 1. The summed E-state index contributed by atoms with van der Waals surface area (Å²) in [5.74, 6) is -0.573. The van der Waals surface area contributed by atoms with Crippen LogP contribution in [0, 0.1) is 5.82 Å². The number of allylic oxidation sites excluding steroid dienone is 1. The van der Waals surface area contributed by atoms with E-state index in [0.29, 0.717) is 32.8 Å². The summed E-state index contributed by atoms with van der Waals surface area (Å²) in [6.07, 6.45) is 3.92. The van der Waals surface area contributed by atoms with E-state index in [2.05, 4.69) is 9.88 Å². The zero-order valence-corrected chi connectivity index (χ0v) is 24.6. The second-order valence-corrected chi connectivity index (χ2v) is 11.7. The first kappa shape index (κ1) is 27.5. The molecule has 0 unspecified atom stereocenters. The molecule has 0 saturated carbocycles. The predicted octanol–water partition coefficient (Wildman–Crippen LogP) is 6.02. The van der Waals surface area contributed by atoms with E-state index >= 15 is 0 Å². The Morgan fingerprint density at radius 2 is 1.61 bits per heavy atom. The molecule has 4 aromatic carbocycles. The fourth-order valence-corrected chi connectivity index (χ4v) is 6.77. The number of fused-ring (bicyclic) bond motifs is 2. The van der Waals surface area contributed by atoms with Gasteiger partial charge in [-0.25, -0.2) is 9.38 Å². The van der Waals surface area contributed by atoms with Crippen molar-refractivity contribution in [2.45, 2.75) is 19.5 Å². The van der Waals surface area contributed by atoms with Crippen molar-refractivity contribution in [1.82, 2.24) is 9.13 Å². The van der Waals surface area contributed by atoms with Crippen LogP contribution in [0.2, 0.25) is 0 Å². The first-order chi connectivity index (χ1) is 21.5. The number of amides is 1. The van der Waals surface area contributed by atoms with E-state index in [0.717, 1.165) is 27.6 Å². The zero-order chi connectivity index (χ0) is 30.2. The standard InChI is InChI=1S/C36H27FN4O2S/c1-23-32(34(42)39-28-12-6-3-7-13-28)33(25-10-4-2-5-11-25)41-35(43)31(44-36(41)38-23)20-26-22-40(30-15-9-8-14-29(26)30)21-24-16-18-27(37)19-17-24/h2-20,22,33H,21H2,1H3,(H,39,42)/b31-20-/t33-/m0/s1. The third-order valence-electron chi connectivity index (χ3n) is 7.79. The number of rotatable bonds is 6. The van der Waals surface area contributed by atoms with Gasteiger partial charge in [0.2, 0.25) is 0 Å². The van der Waals surface area contributed by atoms with Crippen molar-refractivity contribution < 1.29 is 9.18 Å². The third kappa shape index (κ3) is 5.09. The lowest BCUT2D eigenvalue weighted by atomic mass is 9.95. The second-order valence-electron chi connectivity index (χ2n) is 10.7. The van der Waals surface area contributed by atoms with Crippen molar-refractivity contribution in [3.8, 4) is 0 Å². The van der Waals surface area contributed by atoms with E-state index in [-0.39, 0.29) is 17.3 Å². The van der Waals surface area contributed by atoms with Gasteiger partial charge in [0.1, 0.15) is 5.82 Å². The molecule has 1 aliphatic rings. The van der Waals surface area contributed by atoms with Crippen LogP contribution in [0.1, 0.15) is 29.7 Å². The highest BCUT2D eigenvalue weighted by atomic mass is 32.1. The van der Waals surface area contributed by atoms with Crippen molar-refractivity contribution in [3.63, 3.8) is 0 Å². The number of aromatic nitrogens is 2. The summed E-state index contributed by atoms with van der Waals surface area (Å²) in [5, 5.41) is 3.98. The van der Waals surface area contributed by atoms with Crippen molar-refractivity contribution in [3.05, 3.63) is 169 Å². The molecule has 1 amide bonds. The zero-order valence-electron chi connectivity index (χ0n) is 23.8. The summed E-state index contributed by atoms with van der Waals surface area (Å²) < 4.78 is 17.8. The molecule has 7 rings (SSSR count). The highest BCUT2D eigenvalue weighted by Gasteiger charge is 2.32. The number of halogens is 1. The summed E-state index contributed by atoms with van der Waals surface area (Å²) >= 11 is 1.31. The highest BCUT2D eigenvalue weighted by molar-refractivity contribution is 7.07. The van der Waals surface area contributed by atoms with Gasteiger partial charge in [0.05, 0.1) is 21.8 Å². The average Bonchev–Trinajstić information content (AvgIpc) is 3.54. The number of hydrogen-bond acceptors (Lipinski definition) is 4. The molecule has 2 aromatic heterocycles. The van der Waals surface area contributed by atoms with Crippen LogP contribution in [-0.4, -0.2) is 15.0 Å². The van der Waals surface area contributed by atoms with Gasteiger partial charge in [-0.2, -0.15) is 0 Å². The van der Waals surface area contributed by atoms with Crippen LogP contribution in [0.5, 0.6) is 0 Å². The molecule has 6 nitrogen and oxygen atoms in total. The highest BCUT2D eigenvalue weighted by Crippen LogP contribution is 2.31. The summed E-state index contributed by atoms with van der Waals surface area (Å²) in [4.78, 5) is 33.2. The second kappa shape index (κ2) is 11.4. The van der Waals surface area contributed by atoms with Gasteiger partial charge in [0.25, 0.3) is 11.5 Å². The molecule has 1 N–H and O–H groups in total. The molecule has 0 aliphatic carbocycles. The molecule has 1 aliphatic heterocycles. The Balaban J connectivity index is 1.35. The Kier molecular flexibility index (Phi) is 7.12. The molecule has 0 fully saturated rings. The molecule has 3 heterocycles. The Labute approximate surface area is 256 Å². The molecular formula is C36H27FN4O2S. The van der Waals surface area contributed by atoms with Crippen LogP contribution in [0.25, 0.3) is 17.0 Å². The molecule has 44 heavy (non-hydrogen) atoms. The van der Waals surface area contributed by atoms with Crippen LogP contribution < -0.4 is 20.2 Å². The SMILES string of the molecule is CC1=C(C(=O)Nc2ccccc2)[C@H](c2ccccc2)n2c(s/c(=C\c3cn(Cc4ccc(F)cc4)c4ccccc34)c2=O)=N1. The normalized spacial score (nSPS) is 14.9. The number of carbonyl (C=O) groups is 1. The largest absolute Gasteiger partial charge is 0.342 e. The average molecular weight is 599 g/mol. The molecule has 216 valence electrons. The van der Waals surface area contributed by atoms with Crippen molar-refractivity contribution in [2.24, 2.45) is 4.99 Å². The number of thiazole rings is 1.